The third-order valence-corrected chi connectivity index (χ3v) is 8.03. The number of ether oxygens (including phenoxy) is 4. The lowest BCUT2D eigenvalue weighted by atomic mass is 10.1. The lowest BCUT2D eigenvalue weighted by Gasteiger charge is -2.07. The Bertz CT molecular complexity index is 1290. The topological polar surface area (TPSA) is 67.1 Å². The van der Waals surface area contributed by atoms with E-state index in [0.717, 1.165) is 59.5 Å². The second kappa shape index (κ2) is 18.3. The third-order valence-electron chi connectivity index (χ3n) is 8.03. The molecule has 0 atom stereocenters. The molecule has 0 unspecified atom stereocenters. The van der Waals surface area contributed by atoms with Gasteiger partial charge < -0.3 is 23.4 Å². The number of unbranched alkanes of at least 4 members (excludes halogenated alkanes) is 11. The van der Waals surface area contributed by atoms with Crippen LogP contribution in [0.1, 0.15) is 109 Å². The highest BCUT2D eigenvalue weighted by molar-refractivity contribution is 5.88. The molecule has 1 aliphatic heterocycles. The van der Waals surface area contributed by atoms with Crippen molar-refractivity contribution in [1.29, 1.82) is 0 Å². The summed E-state index contributed by atoms with van der Waals surface area (Å²) in [5.41, 5.74) is 2.75. The molecule has 2 heterocycles. The van der Waals surface area contributed by atoms with Crippen molar-refractivity contribution in [3.05, 3.63) is 54.1 Å². The second-order valence-corrected chi connectivity index (χ2v) is 11.6. The Morgan fingerprint density at radius 1 is 0.814 bits per heavy atom. The Kier molecular flexibility index (Phi) is 13.8. The molecule has 0 saturated carbocycles. The average Bonchev–Trinajstić information content (AvgIpc) is 3.67. The molecule has 1 aliphatic rings. The molecule has 6 nitrogen and oxygen atoms in total. The monoisotopic (exact) mass is 590 g/mol. The maximum Gasteiger partial charge on any atom is 0.305 e. The molecule has 0 spiro atoms. The molecular weight excluding hydrogens is 540 g/mol. The van der Waals surface area contributed by atoms with Crippen LogP contribution in [0.3, 0.4) is 0 Å². The van der Waals surface area contributed by atoms with Gasteiger partial charge in [0.2, 0.25) is 6.79 Å². The largest absolute Gasteiger partial charge is 0.493 e. The molecule has 0 saturated heterocycles. The van der Waals surface area contributed by atoms with Crippen molar-refractivity contribution in [3.63, 3.8) is 0 Å². The number of carbonyl (C=O) groups excluding carboxylic acids is 1. The molecule has 0 radical (unpaired) electrons. The van der Waals surface area contributed by atoms with E-state index < -0.39 is 0 Å². The number of furan rings is 1. The van der Waals surface area contributed by atoms with Crippen molar-refractivity contribution in [2.24, 2.45) is 0 Å². The van der Waals surface area contributed by atoms with Gasteiger partial charge in [-0.15, -0.1) is 0 Å². The fourth-order valence-corrected chi connectivity index (χ4v) is 5.54. The van der Waals surface area contributed by atoms with E-state index in [1.165, 1.54) is 70.6 Å². The van der Waals surface area contributed by atoms with Crippen LogP contribution in [-0.2, 0) is 16.0 Å². The molecule has 6 heteroatoms. The van der Waals surface area contributed by atoms with Crippen molar-refractivity contribution >= 4 is 16.9 Å². The van der Waals surface area contributed by atoms with Gasteiger partial charge in [0.15, 0.2) is 22.8 Å². The van der Waals surface area contributed by atoms with Gasteiger partial charge in [-0.2, -0.15) is 0 Å². The number of hydrogen-bond donors (Lipinski definition) is 0. The van der Waals surface area contributed by atoms with E-state index in [9.17, 15) is 4.79 Å². The molecule has 2 aromatic carbocycles. The van der Waals surface area contributed by atoms with Crippen molar-refractivity contribution in [1.82, 2.24) is 0 Å². The van der Waals surface area contributed by atoms with Crippen LogP contribution in [0.5, 0.6) is 17.2 Å². The minimum atomic E-state index is -0.0890. The molecule has 1 aromatic heterocycles. The molecule has 0 bridgehead atoms. The lowest BCUT2D eigenvalue weighted by Crippen LogP contribution is -2.06. The third kappa shape index (κ3) is 10.7. The van der Waals surface area contributed by atoms with Gasteiger partial charge in [-0.3, -0.25) is 4.79 Å². The smallest absolute Gasteiger partial charge is 0.305 e. The molecule has 0 N–H and O–H groups in total. The number of fused-ring (bicyclic) bond motifs is 2. The van der Waals surface area contributed by atoms with E-state index in [-0.39, 0.29) is 12.8 Å². The van der Waals surface area contributed by atoms with Gasteiger partial charge in [-0.25, -0.2) is 0 Å². The number of hydrogen-bond acceptors (Lipinski definition) is 6. The predicted octanol–water partition coefficient (Wildman–Crippen LogP) is 10.4. The Balaban J connectivity index is 1.07. The van der Waals surface area contributed by atoms with Gasteiger partial charge in [-0.1, -0.05) is 70.4 Å². The minimum absolute atomic E-state index is 0.0890. The lowest BCUT2D eigenvalue weighted by molar-refractivity contribution is -0.143. The zero-order valence-corrected chi connectivity index (χ0v) is 26.3. The Morgan fingerprint density at radius 2 is 1.53 bits per heavy atom. The Hall–Kier alpha value is -3.41. The van der Waals surface area contributed by atoms with Crippen LogP contribution in [0.25, 0.3) is 22.3 Å². The summed E-state index contributed by atoms with van der Waals surface area (Å²) in [4.78, 5) is 12.2. The summed E-state index contributed by atoms with van der Waals surface area (Å²) >= 11 is 0. The zero-order valence-electron chi connectivity index (χ0n) is 26.3. The fourth-order valence-electron chi connectivity index (χ4n) is 5.54. The summed E-state index contributed by atoms with van der Waals surface area (Å²) in [5, 5.41) is 0.975. The number of allylic oxidation sites excluding steroid dienone is 2. The minimum Gasteiger partial charge on any atom is -0.493 e. The van der Waals surface area contributed by atoms with Crippen molar-refractivity contribution in [2.45, 2.75) is 110 Å². The quantitative estimate of drug-likeness (QED) is 0.0698. The van der Waals surface area contributed by atoms with E-state index >= 15 is 0 Å². The average molecular weight is 591 g/mol. The van der Waals surface area contributed by atoms with Crippen LogP contribution in [0.4, 0.5) is 0 Å². The summed E-state index contributed by atoms with van der Waals surface area (Å²) in [7, 11) is 1.65. The number of benzene rings is 2. The summed E-state index contributed by atoms with van der Waals surface area (Å²) in [6.07, 6.45) is 23.0. The predicted molar refractivity (Wildman–Crippen MR) is 173 cm³/mol. The highest BCUT2D eigenvalue weighted by Crippen LogP contribution is 2.39. The summed E-state index contributed by atoms with van der Waals surface area (Å²) in [6, 6.07) is 11.9. The molecule has 4 rings (SSSR count). The molecule has 0 amide bonds. The van der Waals surface area contributed by atoms with Crippen LogP contribution in [-0.4, -0.2) is 26.5 Å². The summed E-state index contributed by atoms with van der Waals surface area (Å²) < 4.78 is 28.2. The first-order chi connectivity index (χ1) is 21.2. The van der Waals surface area contributed by atoms with E-state index in [2.05, 4.69) is 25.1 Å². The highest BCUT2D eigenvalue weighted by Gasteiger charge is 2.17. The molecule has 0 fully saturated rings. The Morgan fingerprint density at radius 3 is 2.30 bits per heavy atom. The van der Waals surface area contributed by atoms with Crippen LogP contribution < -0.4 is 14.2 Å². The molecule has 43 heavy (non-hydrogen) atoms. The SMILES string of the molecule is CCCCCCCCC=CCCCCCCCC(=O)OCCCc1cc(OC)c2oc(-c3ccc4c(c3)OCO4)cc2c1. The van der Waals surface area contributed by atoms with Crippen LogP contribution in [0.15, 0.2) is 53.0 Å². The molecule has 0 aliphatic carbocycles. The van der Waals surface area contributed by atoms with E-state index in [1.807, 2.05) is 30.3 Å². The van der Waals surface area contributed by atoms with E-state index in [4.69, 9.17) is 23.4 Å². The molecule has 3 aromatic rings. The van der Waals surface area contributed by atoms with Crippen LogP contribution in [0.2, 0.25) is 0 Å². The van der Waals surface area contributed by atoms with Crippen molar-refractivity contribution < 1.29 is 28.2 Å². The first-order valence-corrected chi connectivity index (χ1v) is 16.5. The first kappa shape index (κ1) is 32.5. The van der Waals surface area contributed by atoms with Gasteiger partial charge in [0.1, 0.15) is 5.76 Å². The Labute approximate surface area is 257 Å². The van der Waals surface area contributed by atoms with Gasteiger partial charge in [0.25, 0.3) is 0 Å². The van der Waals surface area contributed by atoms with Crippen molar-refractivity contribution in [3.8, 4) is 28.6 Å². The van der Waals surface area contributed by atoms with Crippen LogP contribution >= 0.6 is 0 Å². The maximum atomic E-state index is 12.2. The van der Waals surface area contributed by atoms with Crippen molar-refractivity contribution in [2.75, 3.05) is 20.5 Å². The zero-order chi connectivity index (χ0) is 30.1. The maximum absolute atomic E-state index is 12.2. The number of esters is 1. The number of aryl methyl sites for hydroxylation is 1. The first-order valence-electron chi connectivity index (χ1n) is 16.5. The van der Waals surface area contributed by atoms with E-state index in [0.29, 0.717) is 24.4 Å². The van der Waals surface area contributed by atoms with E-state index in [1.54, 1.807) is 7.11 Å². The summed E-state index contributed by atoms with van der Waals surface area (Å²) in [5.74, 6) is 2.81. The van der Waals surface area contributed by atoms with Gasteiger partial charge in [0.05, 0.1) is 13.7 Å². The number of carbonyl (C=O) groups is 1. The van der Waals surface area contributed by atoms with Gasteiger partial charge in [-0.05, 0) is 86.9 Å². The van der Waals surface area contributed by atoms with Gasteiger partial charge >= 0.3 is 5.97 Å². The van der Waals surface area contributed by atoms with Gasteiger partial charge in [0, 0.05) is 17.4 Å². The molecule has 234 valence electrons. The molecular formula is C37H50O6. The fraction of sp³-hybridized carbons (Fsp3) is 0.541. The second-order valence-electron chi connectivity index (χ2n) is 11.6. The summed E-state index contributed by atoms with van der Waals surface area (Å²) in [6.45, 7) is 2.93. The standard InChI is InChI=1S/C37H50O6/c1-3-4-5-6-7-8-9-10-11-12-13-14-15-16-17-20-36(38)40-23-18-19-29-24-31-27-33(43-37(31)35(25-29)39-2)30-21-22-32-34(26-30)42-28-41-32/h10-11,21-22,24-27H,3-9,12-20,23,28H2,1-2H3. The van der Waals surface area contributed by atoms with Crippen LogP contribution in [0, 0.1) is 0 Å². The highest BCUT2D eigenvalue weighted by atomic mass is 16.7. The normalized spacial score (nSPS) is 12.4. The number of methoxy groups -OCH3 is 1. The number of rotatable bonds is 21.